The van der Waals surface area contributed by atoms with Crippen LogP contribution in [-0.4, -0.2) is 42.2 Å². The number of ketones is 1. The van der Waals surface area contributed by atoms with E-state index in [1.807, 2.05) is 50.2 Å². The number of Topliss-reactive ketones (excluding diaryl/α,β-unsaturated/α-hetero) is 1. The third kappa shape index (κ3) is 6.06. The third-order valence-corrected chi connectivity index (χ3v) is 3.82. The van der Waals surface area contributed by atoms with Gasteiger partial charge in [0.1, 0.15) is 0 Å². The van der Waals surface area contributed by atoms with E-state index in [9.17, 15) is 9.59 Å². The van der Waals surface area contributed by atoms with Crippen LogP contribution in [0.15, 0.2) is 65.8 Å². The maximum Gasteiger partial charge on any atom is 0.338 e. The summed E-state index contributed by atoms with van der Waals surface area (Å²) in [5, 5.41) is 6.00. The Bertz CT molecular complexity index is 758. The summed E-state index contributed by atoms with van der Waals surface area (Å²) in [6.45, 7) is 6.41. The molecule has 0 heterocycles. The number of esters is 1. The highest BCUT2D eigenvalue weighted by molar-refractivity contribution is 6.12. The Labute approximate surface area is 160 Å². The minimum absolute atomic E-state index is 0.204. The molecule has 0 fully saturated rings. The predicted molar refractivity (Wildman–Crippen MR) is 107 cm³/mol. The summed E-state index contributed by atoms with van der Waals surface area (Å²) in [7, 11) is 0. The van der Waals surface area contributed by atoms with E-state index in [1.165, 1.54) is 5.01 Å². The fraction of sp³-hybridized carbons (Fsp3) is 0.318. The van der Waals surface area contributed by atoms with Crippen molar-refractivity contribution in [2.45, 2.75) is 26.8 Å². The van der Waals surface area contributed by atoms with E-state index >= 15 is 0 Å². The number of carbonyl (C=O) groups is 2. The Morgan fingerprint density at radius 1 is 1.04 bits per heavy atom. The fourth-order valence-corrected chi connectivity index (χ4v) is 2.62. The lowest BCUT2D eigenvalue weighted by Crippen LogP contribution is -2.46. The molecule has 1 unspecified atom stereocenters. The maximum atomic E-state index is 13.1. The van der Waals surface area contributed by atoms with Crippen molar-refractivity contribution >= 4 is 18.0 Å². The number of ether oxygens (including phenoxy) is 1. The molecule has 0 saturated heterocycles. The normalized spacial score (nSPS) is 12.1. The maximum absolute atomic E-state index is 13.1. The van der Waals surface area contributed by atoms with Gasteiger partial charge in [-0.1, -0.05) is 74.5 Å². The Balaban J connectivity index is 2.38. The highest BCUT2D eigenvalue weighted by Gasteiger charge is 2.34. The van der Waals surface area contributed by atoms with E-state index in [0.29, 0.717) is 12.1 Å². The number of hydrogen-bond donors (Lipinski definition) is 0. The molecule has 0 radical (unpaired) electrons. The zero-order valence-corrected chi connectivity index (χ0v) is 16.0. The molecule has 0 N–H and O–H groups in total. The van der Waals surface area contributed by atoms with Crippen molar-refractivity contribution in [3.8, 4) is 0 Å². The molecule has 142 valence electrons. The average Bonchev–Trinajstić information content (AvgIpc) is 2.67. The van der Waals surface area contributed by atoms with Crippen LogP contribution in [-0.2, 0) is 9.53 Å². The lowest BCUT2D eigenvalue weighted by molar-refractivity contribution is -0.147. The molecule has 0 amide bonds. The van der Waals surface area contributed by atoms with Crippen LogP contribution in [0.5, 0.6) is 0 Å². The van der Waals surface area contributed by atoms with Crippen LogP contribution in [0.2, 0.25) is 0 Å². The van der Waals surface area contributed by atoms with Gasteiger partial charge >= 0.3 is 5.97 Å². The zero-order chi connectivity index (χ0) is 19.6. The second-order valence-corrected chi connectivity index (χ2v) is 6.56. The van der Waals surface area contributed by atoms with Gasteiger partial charge in [-0.3, -0.25) is 9.80 Å². The van der Waals surface area contributed by atoms with E-state index in [2.05, 4.69) is 5.10 Å². The van der Waals surface area contributed by atoms with Crippen molar-refractivity contribution in [2.24, 2.45) is 11.0 Å². The average molecular weight is 366 g/mol. The van der Waals surface area contributed by atoms with Crippen LogP contribution in [0.3, 0.4) is 0 Å². The lowest BCUT2D eigenvalue weighted by atomic mass is 10.0. The van der Waals surface area contributed by atoms with Crippen LogP contribution >= 0.6 is 0 Å². The van der Waals surface area contributed by atoms with Gasteiger partial charge in [0.25, 0.3) is 0 Å². The van der Waals surface area contributed by atoms with Gasteiger partial charge < -0.3 is 4.74 Å². The first-order valence-electron chi connectivity index (χ1n) is 9.14. The standard InChI is InChI=1S/C22H26N2O3/c1-4-27-22(26)20(21(25)19-13-9-6-10-14-19)24(16-17(2)3)23-15-18-11-7-5-8-12-18/h5-15,17,20H,4,16H2,1-3H3. The van der Waals surface area contributed by atoms with Crippen LogP contribution in [0.1, 0.15) is 36.7 Å². The lowest BCUT2D eigenvalue weighted by Gasteiger charge is -2.28. The molecule has 2 aromatic rings. The summed E-state index contributed by atoms with van der Waals surface area (Å²) in [6.07, 6.45) is 1.66. The van der Waals surface area contributed by atoms with E-state index in [4.69, 9.17) is 4.74 Å². The number of rotatable bonds is 9. The molecule has 2 aromatic carbocycles. The van der Waals surface area contributed by atoms with Gasteiger partial charge in [-0.15, -0.1) is 0 Å². The fourth-order valence-electron chi connectivity index (χ4n) is 2.62. The van der Waals surface area contributed by atoms with E-state index in [1.54, 1.807) is 37.4 Å². The van der Waals surface area contributed by atoms with Gasteiger partial charge in [-0.2, -0.15) is 5.10 Å². The first kappa shape index (κ1) is 20.4. The first-order chi connectivity index (χ1) is 13.0. The number of carbonyl (C=O) groups excluding carboxylic acids is 2. The topological polar surface area (TPSA) is 59.0 Å². The molecule has 2 rings (SSSR count). The zero-order valence-electron chi connectivity index (χ0n) is 16.0. The van der Waals surface area contributed by atoms with Gasteiger partial charge in [-0.05, 0) is 18.4 Å². The molecule has 0 saturated carbocycles. The van der Waals surface area contributed by atoms with E-state index in [0.717, 1.165) is 5.56 Å². The minimum atomic E-state index is -1.12. The van der Waals surface area contributed by atoms with Gasteiger partial charge in [0.2, 0.25) is 6.04 Å². The highest BCUT2D eigenvalue weighted by atomic mass is 16.5. The third-order valence-electron chi connectivity index (χ3n) is 3.82. The van der Waals surface area contributed by atoms with Crippen LogP contribution in [0, 0.1) is 5.92 Å². The summed E-state index contributed by atoms with van der Waals surface area (Å²) in [5.41, 5.74) is 1.35. The predicted octanol–water partition coefficient (Wildman–Crippen LogP) is 3.79. The van der Waals surface area contributed by atoms with Gasteiger partial charge in [0.05, 0.1) is 12.8 Å². The monoisotopic (exact) mass is 366 g/mol. The Hall–Kier alpha value is -2.95. The summed E-state index contributed by atoms with van der Waals surface area (Å²) < 4.78 is 5.19. The first-order valence-corrected chi connectivity index (χ1v) is 9.14. The molecule has 0 bridgehead atoms. The highest BCUT2D eigenvalue weighted by Crippen LogP contribution is 2.14. The van der Waals surface area contributed by atoms with Gasteiger partial charge in [0, 0.05) is 12.1 Å². The van der Waals surface area contributed by atoms with Crippen LogP contribution in [0.4, 0.5) is 0 Å². The summed E-state index contributed by atoms with van der Waals surface area (Å²) >= 11 is 0. The number of benzene rings is 2. The Kier molecular flexibility index (Phi) is 7.74. The number of nitrogens with zero attached hydrogens (tertiary/aromatic N) is 2. The van der Waals surface area contributed by atoms with E-state index < -0.39 is 12.0 Å². The molecular weight excluding hydrogens is 340 g/mol. The molecule has 0 aliphatic carbocycles. The van der Waals surface area contributed by atoms with Crippen molar-refractivity contribution < 1.29 is 14.3 Å². The van der Waals surface area contributed by atoms with E-state index in [-0.39, 0.29) is 18.3 Å². The molecule has 5 heteroatoms. The van der Waals surface area contributed by atoms with Gasteiger partial charge in [0.15, 0.2) is 5.78 Å². The molecule has 0 aliphatic rings. The van der Waals surface area contributed by atoms with Crippen molar-refractivity contribution in [3.63, 3.8) is 0 Å². The van der Waals surface area contributed by atoms with Crippen molar-refractivity contribution in [3.05, 3.63) is 71.8 Å². The quantitative estimate of drug-likeness (QED) is 0.223. The molecule has 0 spiro atoms. The number of hydrazone groups is 1. The molecule has 5 nitrogen and oxygen atoms in total. The second kappa shape index (κ2) is 10.3. The van der Waals surface area contributed by atoms with Crippen molar-refractivity contribution in [1.29, 1.82) is 0 Å². The SMILES string of the molecule is CCOC(=O)C(C(=O)c1ccccc1)N(CC(C)C)N=Cc1ccccc1. The molecule has 27 heavy (non-hydrogen) atoms. The minimum Gasteiger partial charge on any atom is -0.464 e. The Morgan fingerprint density at radius 3 is 2.19 bits per heavy atom. The molecular formula is C22H26N2O3. The smallest absolute Gasteiger partial charge is 0.338 e. The molecule has 0 aliphatic heterocycles. The van der Waals surface area contributed by atoms with Crippen LogP contribution in [0.25, 0.3) is 0 Å². The largest absolute Gasteiger partial charge is 0.464 e. The van der Waals surface area contributed by atoms with Crippen molar-refractivity contribution in [1.82, 2.24) is 5.01 Å². The van der Waals surface area contributed by atoms with Crippen molar-refractivity contribution in [2.75, 3.05) is 13.2 Å². The van der Waals surface area contributed by atoms with Crippen LogP contribution < -0.4 is 0 Å². The van der Waals surface area contributed by atoms with Gasteiger partial charge in [-0.25, -0.2) is 4.79 Å². The summed E-state index contributed by atoms with van der Waals surface area (Å²) in [5.74, 6) is -0.699. The Morgan fingerprint density at radius 2 is 1.63 bits per heavy atom. The molecule has 0 aromatic heterocycles. The number of hydrogen-bond acceptors (Lipinski definition) is 5. The second-order valence-electron chi connectivity index (χ2n) is 6.56. The molecule has 1 atom stereocenters. The summed E-state index contributed by atoms with van der Waals surface area (Å²) in [4.78, 5) is 25.7. The summed E-state index contributed by atoms with van der Waals surface area (Å²) in [6, 6.07) is 17.2.